The maximum atomic E-state index is 12.5. The Bertz CT molecular complexity index is 2190. The molecule has 0 bridgehead atoms. The predicted molar refractivity (Wildman–Crippen MR) is 245 cm³/mol. The van der Waals surface area contributed by atoms with Crippen LogP contribution in [0.2, 0.25) is 0 Å². The number of fused-ring (bicyclic) bond motifs is 2. The topological polar surface area (TPSA) is 102 Å². The minimum Gasteiger partial charge on any atom is -0.427 e. The smallest absolute Gasteiger partial charge is 0.311 e. The molecule has 0 atom stereocenters. The van der Waals surface area contributed by atoms with Crippen LogP contribution >= 0.6 is 0 Å². The zero-order chi connectivity index (χ0) is 41.8. The molecule has 0 aliphatic rings. The Hall–Kier alpha value is -6.02. The van der Waals surface area contributed by atoms with Crippen LogP contribution in [-0.2, 0) is 9.59 Å². The Kier molecular flexibility index (Phi) is 17.1. The zero-order valence-electron chi connectivity index (χ0n) is 35.3. The summed E-state index contributed by atoms with van der Waals surface area (Å²) in [6.07, 6.45) is 16.9. The third-order valence-electron chi connectivity index (χ3n) is 10.7. The number of nitrogens with zero attached hydrogens (tertiary/aromatic N) is 4. The average molecular weight is 803 g/mol. The molecule has 0 N–H and O–H groups in total. The summed E-state index contributed by atoms with van der Waals surface area (Å²) in [5.74, 6) is 0.560. The van der Waals surface area contributed by atoms with Crippen LogP contribution < -0.4 is 9.47 Å². The predicted octanol–water partition coefficient (Wildman–Crippen LogP) is 16.6. The third-order valence-corrected chi connectivity index (χ3v) is 10.7. The normalized spacial score (nSPS) is 11.6. The summed E-state index contributed by atoms with van der Waals surface area (Å²) in [5.41, 5.74) is 4.39. The number of esters is 2. The van der Waals surface area contributed by atoms with E-state index in [0.717, 1.165) is 71.2 Å². The molecule has 8 nitrogen and oxygen atoms in total. The van der Waals surface area contributed by atoms with Crippen LogP contribution in [0.25, 0.3) is 32.7 Å². The van der Waals surface area contributed by atoms with Gasteiger partial charge in [0, 0.05) is 24.0 Å². The van der Waals surface area contributed by atoms with Crippen molar-refractivity contribution >= 4 is 56.2 Å². The third kappa shape index (κ3) is 13.0. The van der Waals surface area contributed by atoms with E-state index >= 15 is 0 Å². The van der Waals surface area contributed by atoms with Crippen LogP contribution in [0.15, 0.2) is 142 Å². The van der Waals surface area contributed by atoms with Gasteiger partial charge in [0.25, 0.3) is 0 Å². The molecule has 0 amide bonds. The van der Waals surface area contributed by atoms with Crippen LogP contribution in [0.4, 0.5) is 22.7 Å². The first-order chi connectivity index (χ1) is 29.5. The Morgan fingerprint density at radius 1 is 0.400 bits per heavy atom. The molecule has 0 saturated heterocycles. The largest absolute Gasteiger partial charge is 0.427 e. The van der Waals surface area contributed by atoms with Crippen molar-refractivity contribution in [3.8, 4) is 22.6 Å². The lowest BCUT2D eigenvalue weighted by molar-refractivity contribution is -0.135. The number of azo groups is 2. The van der Waals surface area contributed by atoms with Crippen molar-refractivity contribution in [2.45, 2.75) is 117 Å². The van der Waals surface area contributed by atoms with E-state index in [-0.39, 0.29) is 11.9 Å². The second-order valence-corrected chi connectivity index (χ2v) is 15.4. The molecule has 0 fully saturated rings. The van der Waals surface area contributed by atoms with Gasteiger partial charge in [0.2, 0.25) is 0 Å². The molecule has 8 heteroatoms. The van der Waals surface area contributed by atoms with Gasteiger partial charge in [-0.05, 0) is 95.1 Å². The van der Waals surface area contributed by atoms with Gasteiger partial charge in [0.05, 0.1) is 22.7 Å². The Balaban J connectivity index is 1.19. The molecule has 0 aliphatic carbocycles. The maximum Gasteiger partial charge on any atom is 0.311 e. The lowest BCUT2D eigenvalue weighted by Gasteiger charge is -2.15. The number of ether oxygens (including phenoxy) is 2. The fourth-order valence-corrected chi connectivity index (χ4v) is 7.41. The maximum absolute atomic E-state index is 12.5. The van der Waals surface area contributed by atoms with Crippen LogP contribution in [0.5, 0.6) is 11.5 Å². The Morgan fingerprint density at radius 3 is 1.17 bits per heavy atom. The summed E-state index contributed by atoms with van der Waals surface area (Å²) in [6.45, 7) is 4.43. The van der Waals surface area contributed by atoms with Crippen LogP contribution in [0.1, 0.15) is 117 Å². The average Bonchev–Trinajstić information content (AvgIpc) is 3.27. The number of benzene rings is 6. The molecule has 0 spiro atoms. The van der Waals surface area contributed by atoms with E-state index in [4.69, 9.17) is 19.7 Å². The van der Waals surface area contributed by atoms with Gasteiger partial charge in [-0.3, -0.25) is 9.59 Å². The number of carbonyl (C=O) groups is 2. The lowest BCUT2D eigenvalue weighted by Crippen LogP contribution is -2.07. The van der Waals surface area contributed by atoms with Crippen molar-refractivity contribution in [3.63, 3.8) is 0 Å². The second-order valence-electron chi connectivity index (χ2n) is 15.4. The van der Waals surface area contributed by atoms with E-state index in [0.29, 0.717) is 47.1 Å². The van der Waals surface area contributed by atoms with E-state index in [2.05, 4.69) is 60.5 Å². The van der Waals surface area contributed by atoms with Crippen LogP contribution in [-0.4, -0.2) is 11.9 Å². The van der Waals surface area contributed by atoms with Gasteiger partial charge in [0.1, 0.15) is 11.5 Å². The molecule has 0 aromatic heterocycles. The molecule has 60 heavy (non-hydrogen) atoms. The van der Waals surface area contributed by atoms with Crippen molar-refractivity contribution < 1.29 is 19.1 Å². The highest BCUT2D eigenvalue weighted by atomic mass is 16.5. The van der Waals surface area contributed by atoms with Gasteiger partial charge in [-0.25, -0.2) is 0 Å². The SMILES string of the molecule is CCCCCCCCCC(=O)Oc1ccc(N=Nc2ccc3ccccc3c2-c2c(N=Nc3ccc(OC(=O)CCCCCCCCC)cc3)ccc3ccccc23)cc1. The van der Waals surface area contributed by atoms with E-state index in [1.165, 1.54) is 51.4 Å². The fraction of sp³-hybridized carbons (Fsp3) is 0.346. The van der Waals surface area contributed by atoms with Crippen molar-refractivity contribution in [1.82, 2.24) is 0 Å². The van der Waals surface area contributed by atoms with Crippen LogP contribution in [0, 0.1) is 0 Å². The molecule has 0 saturated carbocycles. The van der Waals surface area contributed by atoms with Gasteiger partial charge < -0.3 is 9.47 Å². The fourth-order valence-electron chi connectivity index (χ4n) is 7.41. The van der Waals surface area contributed by atoms with Crippen molar-refractivity contribution in [3.05, 3.63) is 121 Å². The Labute approximate surface area is 355 Å². The van der Waals surface area contributed by atoms with E-state index < -0.39 is 0 Å². The van der Waals surface area contributed by atoms with E-state index in [1.54, 1.807) is 48.5 Å². The van der Waals surface area contributed by atoms with Gasteiger partial charge in [-0.2, -0.15) is 10.2 Å². The van der Waals surface area contributed by atoms with Gasteiger partial charge in [-0.15, -0.1) is 10.2 Å². The zero-order valence-corrected chi connectivity index (χ0v) is 35.3. The van der Waals surface area contributed by atoms with Gasteiger partial charge in [-0.1, -0.05) is 152 Å². The van der Waals surface area contributed by atoms with Gasteiger partial charge in [0.15, 0.2) is 0 Å². The molecule has 6 aromatic rings. The molecule has 0 aliphatic heterocycles. The Morgan fingerprint density at radius 2 is 0.767 bits per heavy atom. The summed E-state index contributed by atoms with van der Waals surface area (Å²) in [7, 11) is 0. The summed E-state index contributed by atoms with van der Waals surface area (Å²) < 4.78 is 11.2. The quantitative estimate of drug-likeness (QED) is 0.0278. The summed E-state index contributed by atoms with van der Waals surface area (Å²) in [6, 6.07) is 38.8. The summed E-state index contributed by atoms with van der Waals surface area (Å²) in [5, 5.41) is 23.0. The van der Waals surface area contributed by atoms with Crippen molar-refractivity contribution in [2.24, 2.45) is 20.5 Å². The lowest BCUT2D eigenvalue weighted by atomic mass is 9.91. The van der Waals surface area contributed by atoms with E-state index in [9.17, 15) is 9.59 Å². The number of hydrogen-bond acceptors (Lipinski definition) is 8. The summed E-state index contributed by atoms with van der Waals surface area (Å²) in [4.78, 5) is 25.0. The number of carbonyl (C=O) groups excluding carboxylic acids is 2. The number of unbranched alkanes of at least 4 members (excludes halogenated alkanes) is 12. The van der Waals surface area contributed by atoms with Crippen molar-refractivity contribution in [2.75, 3.05) is 0 Å². The highest BCUT2D eigenvalue weighted by Crippen LogP contribution is 2.46. The molecule has 6 aromatic carbocycles. The molecular formula is C52H58N4O4. The molecule has 0 unspecified atom stereocenters. The number of hydrogen-bond donors (Lipinski definition) is 0. The molecule has 310 valence electrons. The van der Waals surface area contributed by atoms with Crippen molar-refractivity contribution in [1.29, 1.82) is 0 Å². The minimum absolute atomic E-state index is 0.214. The van der Waals surface area contributed by atoms with E-state index in [1.807, 2.05) is 36.4 Å². The first-order valence-corrected chi connectivity index (χ1v) is 22.0. The molecule has 6 rings (SSSR count). The van der Waals surface area contributed by atoms with Gasteiger partial charge >= 0.3 is 11.9 Å². The monoisotopic (exact) mass is 802 g/mol. The molecular weight excluding hydrogens is 745 g/mol. The second kappa shape index (κ2) is 23.5. The first-order valence-electron chi connectivity index (χ1n) is 22.0. The number of rotatable bonds is 23. The molecule has 0 radical (unpaired) electrons. The minimum atomic E-state index is -0.214. The highest BCUT2D eigenvalue weighted by Gasteiger charge is 2.18. The highest BCUT2D eigenvalue weighted by molar-refractivity contribution is 6.12. The standard InChI is InChI=1S/C52H58N4O4/c1-3-5-7-9-11-13-15-25-49(57)59-43-33-29-41(30-34-43)53-55-47-37-27-39-21-17-19-23-45(39)51(47)52-46-24-20-18-22-40(46)28-38-48(52)56-54-42-31-35-44(36-32-42)60-50(58)26-16-14-12-10-8-6-4-2/h17-24,27-38H,3-16,25-26H2,1-2H3. The summed E-state index contributed by atoms with van der Waals surface area (Å²) >= 11 is 0. The molecule has 0 heterocycles. The first kappa shape index (κ1) is 43.6. The van der Waals surface area contributed by atoms with Crippen LogP contribution in [0.3, 0.4) is 0 Å².